The zero-order chi connectivity index (χ0) is 19.2. The SMILES string of the molecule is CO[Si](CCCCOc1c(F)c(F)c(F)c(F)c1F)(OC)OC(C)C. The van der Waals surface area contributed by atoms with Gasteiger partial charge in [-0.25, -0.2) is 13.2 Å². The molecule has 0 fully saturated rings. The van der Waals surface area contributed by atoms with E-state index in [9.17, 15) is 22.0 Å². The minimum absolute atomic E-state index is 0.115. The van der Waals surface area contributed by atoms with E-state index >= 15 is 0 Å². The molecular weight excluding hydrogens is 367 g/mol. The molecule has 0 aliphatic heterocycles. The second-order valence-electron chi connectivity index (χ2n) is 5.46. The first kappa shape index (κ1) is 21.8. The van der Waals surface area contributed by atoms with E-state index in [1.807, 2.05) is 13.8 Å². The lowest BCUT2D eigenvalue weighted by Crippen LogP contribution is -2.45. The van der Waals surface area contributed by atoms with E-state index in [1.54, 1.807) is 0 Å². The van der Waals surface area contributed by atoms with Crippen LogP contribution in [0.5, 0.6) is 5.75 Å². The van der Waals surface area contributed by atoms with Crippen molar-refractivity contribution in [1.29, 1.82) is 0 Å². The maximum absolute atomic E-state index is 13.5. The Bertz CT molecular complexity index is 553. The van der Waals surface area contributed by atoms with E-state index < -0.39 is 43.6 Å². The summed E-state index contributed by atoms with van der Waals surface area (Å²) in [5.41, 5.74) is 0. The van der Waals surface area contributed by atoms with Gasteiger partial charge in [0.05, 0.1) is 6.61 Å². The normalized spacial score (nSPS) is 12.1. The molecule has 0 spiro atoms. The van der Waals surface area contributed by atoms with Crippen LogP contribution in [0.3, 0.4) is 0 Å². The predicted octanol–water partition coefficient (Wildman–Crippen LogP) is 4.20. The molecule has 144 valence electrons. The van der Waals surface area contributed by atoms with Gasteiger partial charge in [0.15, 0.2) is 5.75 Å². The van der Waals surface area contributed by atoms with Gasteiger partial charge < -0.3 is 18.0 Å². The van der Waals surface area contributed by atoms with Crippen molar-refractivity contribution in [1.82, 2.24) is 0 Å². The molecule has 1 aromatic carbocycles. The van der Waals surface area contributed by atoms with Crippen LogP contribution in [-0.2, 0) is 13.3 Å². The van der Waals surface area contributed by atoms with Crippen molar-refractivity contribution in [3.8, 4) is 5.75 Å². The maximum atomic E-state index is 13.5. The van der Waals surface area contributed by atoms with Crippen molar-refractivity contribution in [3.05, 3.63) is 29.1 Å². The van der Waals surface area contributed by atoms with Crippen molar-refractivity contribution in [3.63, 3.8) is 0 Å². The summed E-state index contributed by atoms with van der Waals surface area (Å²) in [5.74, 6) is -11.6. The number of rotatable bonds is 10. The fourth-order valence-corrected chi connectivity index (χ4v) is 4.42. The van der Waals surface area contributed by atoms with Crippen molar-refractivity contribution >= 4 is 8.80 Å². The fourth-order valence-electron chi connectivity index (χ4n) is 2.13. The van der Waals surface area contributed by atoms with Gasteiger partial charge in [-0.3, -0.25) is 0 Å². The summed E-state index contributed by atoms with van der Waals surface area (Å²) in [4.78, 5) is 0. The Labute approximate surface area is 144 Å². The Morgan fingerprint density at radius 1 is 0.800 bits per heavy atom. The van der Waals surface area contributed by atoms with E-state index in [0.29, 0.717) is 12.5 Å². The molecule has 0 aromatic heterocycles. The molecule has 0 N–H and O–H groups in total. The second-order valence-corrected chi connectivity index (χ2v) is 8.38. The Kier molecular flexibility index (Phi) is 8.25. The van der Waals surface area contributed by atoms with E-state index in [2.05, 4.69) is 0 Å². The molecule has 0 aliphatic rings. The van der Waals surface area contributed by atoms with Crippen LogP contribution in [0.2, 0.25) is 6.04 Å². The number of unbranched alkanes of at least 4 members (excludes halogenated alkanes) is 1. The molecule has 0 atom stereocenters. The first-order valence-electron chi connectivity index (χ1n) is 7.61. The minimum Gasteiger partial charge on any atom is -0.487 e. The van der Waals surface area contributed by atoms with Gasteiger partial charge in [0.25, 0.3) is 0 Å². The molecule has 10 heteroatoms. The first-order valence-corrected chi connectivity index (χ1v) is 9.54. The van der Waals surface area contributed by atoms with Gasteiger partial charge in [-0.05, 0) is 26.7 Å². The summed E-state index contributed by atoms with van der Waals surface area (Å²) in [6.45, 7) is 3.41. The van der Waals surface area contributed by atoms with Crippen LogP contribution in [-0.4, -0.2) is 35.7 Å². The highest BCUT2D eigenvalue weighted by atomic mass is 28.4. The van der Waals surface area contributed by atoms with Crippen molar-refractivity contribution in [2.45, 2.75) is 38.8 Å². The zero-order valence-corrected chi connectivity index (χ0v) is 15.4. The molecule has 0 saturated heterocycles. The number of halogens is 5. The second kappa shape index (κ2) is 9.46. The lowest BCUT2D eigenvalue weighted by molar-refractivity contribution is 0.0690. The molecule has 0 amide bonds. The van der Waals surface area contributed by atoms with E-state index in [4.69, 9.17) is 18.0 Å². The standard InChI is InChI=1S/C15H21F5O4Si/c1-9(2)24-25(21-3,22-4)8-6-5-7-23-15-13(19)11(17)10(16)12(18)14(15)20/h9H,5-8H2,1-4H3. The third-order valence-corrected chi connectivity index (χ3v) is 6.37. The Balaban J connectivity index is 2.62. The van der Waals surface area contributed by atoms with Crippen LogP contribution in [0.15, 0.2) is 0 Å². The van der Waals surface area contributed by atoms with Crippen LogP contribution in [0.1, 0.15) is 26.7 Å². The van der Waals surface area contributed by atoms with E-state index in [-0.39, 0.29) is 19.1 Å². The topological polar surface area (TPSA) is 36.9 Å². The quantitative estimate of drug-likeness (QED) is 0.198. The minimum atomic E-state index is -2.86. The number of benzene rings is 1. The molecule has 0 unspecified atom stereocenters. The van der Waals surface area contributed by atoms with Gasteiger partial charge in [0, 0.05) is 26.4 Å². The molecule has 0 bridgehead atoms. The van der Waals surface area contributed by atoms with Gasteiger partial charge in [-0.2, -0.15) is 8.78 Å². The van der Waals surface area contributed by atoms with Crippen molar-refractivity contribution in [2.75, 3.05) is 20.8 Å². The van der Waals surface area contributed by atoms with E-state index in [0.717, 1.165) is 0 Å². The third kappa shape index (κ3) is 5.37. The summed E-state index contributed by atoms with van der Waals surface area (Å²) in [5, 5.41) is 0. The monoisotopic (exact) mass is 388 g/mol. The average Bonchev–Trinajstić information content (AvgIpc) is 2.59. The van der Waals surface area contributed by atoms with Crippen molar-refractivity contribution < 1.29 is 40.0 Å². The van der Waals surface area contributed by atoms with Crippen LogP contribution in [0.25, 0.3) is 0 Å². The first-order chi connectivity index (χ1) is 11.7. The number of ether oxygens (including phenoxy) is 1. The number of hydrogen-bond acceptors (Lipinski definition) is 4. The summed E-state index contributed by atoms with van der Waals surface area (Å²) in [6, 6.07) is 0.415. The average molecular weight is 388 g/mol. The Morgan fingerprint density at radius 3 is 1.72 bits per heavy atom. The molecule has 25 heavy (non-hydrogen) atoms. The Morgan fingerprint density at radius 2 is 1.28 bits per heavy atom. The molecule has 0 saturated carbocycles. The van der Waals surface area contributed by atoms with Crippen molar-refractivity contribution in [2.24, 2.45) is 0 Å². The summed E-state index contributed by atoms with van der Waals surface area (Å²) >= 11 is 0. The molecule has 4 nitrogen and oxygen atoms in total. The van der Waals surface area contributed by atoms with Gasteiger partial charge in [0.1, 0.15) is 0 Å². The molecule has 0 heterocycles. The maximum Gasteiger partial charge on any atom is 0.500 e. The van der Waals surface area contributed by atoms with Gasteiger partial charge >= 0.3 is 8.80 Å². The van der Waals surface area contributed by atoms with Gasteiger partial charge in [-0.1, -0.05) is 0 Å². The molecule has 0 radical (unpaired) electrons. The molecule has 1 aromatic rings. The Hall–Kier alpha value is -1.23. The van der Waals surface area contributed by atoms with Crippen LogP contribution in [0.4, 0.5) is 22.0 Å². The van der Waals surface area contributed by atoms with Gasteiger partial charge in [0.2, 0.25) is 29.1 Å². The van der Waals surface area contributed by atoms with Crippen LogP contribution < -0.4 is 4.74 Å². The highest BCUT2D eigenvalue weighted by Gasteiger charge is 2.39. The van der Waals surface area contributed by atoms with Gasteiger partial charge in [-0.15, -0.1) is 0 Å². The smallest absolute Gasteiger partial charge is 0.487 e. The highest BCUT2D eigenvalue weighted by molar-refractivity contribution is 6.60. The summed E-state index contributed by atoms with van der Waals surface area (Å²) in [7, 11) is 0.0672. The third-order valence-electron chi connectivity index (χ3n) is 3.33. The zero-order valence-electron chi connectivity index (χ0n) is 14.4. The lowest BCUT2D eigenvalue weighted by atomic mass is 10.2. The number of hydrogen-bond donors (Lipinski definition) is 0. The molecule has 1 rings (SSSR count). The van der Waals surface area contributed by atoms with Crippen LogP contribution >= 0.6 is 0 Å². The summed E-state index contributed by atoms with van der Waals surface area (Å²) < 4.78 is 87.1. The molecular formula is C15H21F5O4Si. The summed E-state index contributed by atoms with van der Waals surface area (Å²) in [6.07, 6.45) is 0.620. The highest BCUT2D eigenvalue weighted by Crippen LogP contribution is 2.29. The van der Waals surface area contributed by atoms with E-state index in [1.165, 1.54) is 14.2 Å². The van der Waals surface area contributed by atoms with Crippen LogP contribution in [0, 0.1) is 29.1 Å². The largest absolute Gasteiger partial charge is 0.500 e. The fraction of sp³-hybridized carbons (Fsp3) is 0.600. The molecule has 0 aliphatic carbocycles. The lowest BCUT2D eigenvalue weighted by Gasteiger charge is -2.28. The predicted molar refractivity (Wildman–Crippen MR) is 81.8 cm³/mol.